The molecule has 27 heavy (non-hydrogen) atoms. The van der Waals surface area contributed by atoms with Crippen molar-refractivity contribution < 1.29 is 26.4 Å². The average Bonchev–Trinajstić information content (AvgIpc) is 3.00. The summed E-state index contributed by atoms with van der Waals surface area (Å²) in [7, 11) is -5.43. The van der Waals surface area contributed by atoms with E-state index in [1.807, 2.05) is 0 Å². The SMILES string of the molecule is COc1ccc(S(=O)(=O)N2CCCCC2)cc1C(=O)NC1CCS(=O)(=O)C1. The monoisotopic (exact) mass is 416 g/mol. The predicted molar refractivity (Wildman–Crippen MR) is 100 cm³/mol. The van der Waals surface area contributed by atoms with Gasteiger partial charge in [0.25, 0.3) is 5.91 Å². The molecule has 2 aliphatic heterocycles. The lowest BCUT2D eigenvalue weighted by atomic mass is 10.1. The first-order valence-electron chi connectivity index (χ1n) is 8.92. The molecule has 1 atom stereocenters. The Morgan fingerprint density at radius 2 is 1.93 bits per heavy atom. The molecule has 1 aromatic rings. The highest BCUT2D eigenvalue weighted by Gasteiger charge is 2.31. The first kappa shape index (κ1) is 20.1. The normalized spacial score (nSPS) is 23.1. The summed E-state index contributed by atoms with van der Waals surface area (Å²) < 4.78 is 55.5. The van der Waals surface area contributed by atoms with E-state index in [4.69, 9.17) is 4.74 Å². The Labute approximate surface area is 159 Å². The first-order chi connectivity index (χ1) is 12.7. The Hall–Kier alpha value is -1.65. The van der Waals surface area contributed by atoms with Crippen LogP contribution in [0.15, 0.2) is 23.1 Å². The number of benzene rings is 1. The number of carbonyl (C=O) groups excluding carboxylic acids is 1. The summed E-state index contributed by atoms with van der Waals surface area (Å²) in [6.07, 6.45) is 2.99. The standard InChI is InChI=1S/C17H24N2O6S2/c1-25-16-6-5-14(27(23,24)19-8-3-2-4-9-19)11-15(16)17(20)18-13-7-10-26(21,22)12-13/h5-6,11,13H,2-4,7-10,12H2,1H3,(H,18,20). The topological polar surface area (TPSA) is 110 Å². The largest absolute Gasteiger partial charge is 0.496 e. The minimum Gasteiger partial charge on any atom is -0.496 e. The van der Waals surface area contributed by atoms with Crippen LogP contribution in [0.2, 0.25) is 0 Å². The van der Waals surface area contributed by atoms with Gasteiger partial charge >= 0.3 is 0 Å². The smallest absolute Gasteiger partial charge is 0.255 e. The Balaban J connectivity index is 1.86. The number of carbonyl (C=O) groups is 1. The van der Waals surface area contributed by atoms with Crippen LogP contribution < -0.4 is 10.1 Å². The molecule has 1 amide bonds. The van der Waals surface area contributed by atoms with Gasteiger partial charge in [-0.05, 0) is 37.5 Å². The molecule has 1 unspecified atom stereocenters. The quantitative estimate of drug-likeness (QED) is 0.760. The van der Waals surface area contributed by atoms with Gasteiger partial charge in [-0.1, -0.05) is 6.42 Å². The molecule has 10 heteroatoms. The van der Waals surface area contributed by atoms with E-state index in [2.05, 4.69) is 5.32 Å². The second-order valence-corrected chi connectivity index (χ2v) is 11.1. The third-order valence-electron chi connectivity index (χ3n) is 4.94. The molecule has 0 bridgehead atoms. The zero-order valence-electron chi connectivity index (χ0n) is 15.2. The molecule has 1 N–H and O–H groups in total. The highest BCUT2D eigenvalue weighted by atomic mass is 32.2. The second-order valence-electron chi connectivity index (χ2n) is 6.90. The van der Waals surface area contributed by atoms with E-state index in [1.54, 1.807) is 0 Å². The summed E-state index contributed by atoms with van der Waals surface area (Å²) >= 11 is 0. The van der Waals surface area contributed by atoms with Crippen LogP contribution >= 0.6 is 0 Å². The Morgan fingerprint density at radius 3 is 2.52 bits per heavy atom. The van der Waals surface area contributed by atoms with Gasteiger partial charge in [-0.2, -0.15) is 4.31 Å². The number of hydrogen-bond acceptors (Lipinski definition) is 6. The van der Waals surface area contributed by atoms with E-state index in [-0.39, 0.29) is 27.7 Å². The van der Waals surface area contributed by atoms with Gasteiger partial charge in [0.05, 0.1) is 29.1 Å². The van der Waals surface area contributed by atoms with Gasteiger partial charge in [0.1, 0.15) is 5.75 Å². The number of nitrogens with zero attached hydrogens (tertiary/aromatic N) is 1. The third kappa shape index (κ3) is 4.44. The fourth-order valence-electron chi connectivity index (χ4n) is 3.45. The van der Waals surface area contributed by atoms with Crippen LogP contribution in [0.5, 0.6) is 5.75 Å². The predicted octanol–water partition coefficient (Wildman–Crippen LogP) is 0.787. The molecule has 0 saturated carbocycles. The van der Waals surface area contributed by atoms with Gasteiger partial charge in [-0.15, -0.1) is 0 Å². The van der Waals surface area contributed by atoms with Gasteiger partial charge in [0, 0.05) is 19.1 Å². The summed E-state index contributed by atoms with van der Waals surface area (Å²) in [5, 5.41) is 2.68. The molecule has 2 aliphatic rings. The zero-order valence-corrected chi connectivity index (χ0v) is 16.8. The molecule has 0 radical (unpaired) electrons. The molecule has 1 aromatic carbocycles. The summed E-state index contributed by atoms with van der Waals surface area (Å²) in [4.78, 5) is 12.7. The molecular weight excluding hydrogens is 392 g/mol. The van der Waals surface area contributed by atoms with Crippen LogP contribution in [-0.4, -0.2) is 64.8 Å². The third-order valence-corrected chi connectivity index (χ3v) is 8.60. The van der Waals surface area contributed by atoms with Crippen molar-refractivity contribution >= 4 is 25.8 Å². The molecule has 8 nitrogen and oxygen atoms in total. The molecule has 0 aromatic heterocycles. The van der Waals surface area contributed by atoms with E-state index in [9.17, 15) is 21.6 Å². The molecule has 150 valence electrons. The number of hydrogen-bond donors (Lipinski definition) is 1. The number of sulfone groups is 1. The highest BCUT2D eigenvalue weighted by Crippen LogP contribution is 2.26. The van der Waals surface area contributed by atoms with Gasteiger partial charge in [0.15, 0.2) is 9.84 Å². The Kier molecular flexibility index (Phi) is 5.78. The van der Waals surface area contributed by atoms with Crippen LogP contribution in [-0.2, 0) is 19.9 Å². The summed E-state index contributed by atoms with van der Waals surface area (Å²) in [6, 6.07) is 3.72. The van der Waals surface area contributed by atoms with Gasteiger partial charge in [-0.3, -0.25) is 4.79 Å². The van der Waals surface area contributed by atoms with Crippen LogP contribution in [0.1, 0.15) is 36.0 Å². The molecule has 2 heterocycles. The lowest BCUT2D eigenvalue weighted by molar-refractivity contribution is 0.0938. The van der Waals surface area contributed by atoms with E-state index < -0.39 is 31.8 Å². The number of sulfonamides is 1. The second kappa shape index (κ2) is 7.76. The van der Waals surface area contributed by atoms with E-state index >= 15 is 0 Å². The molecule has 2 fully saturated rings. The zero-order chi connectivity index (χ0) is 19.7. The van der Waals surface area contributed by atoms with Gasteiger partial charge in [-0.25, -0.2) is 16.8 Å². The Morgan fingerprint density at radius 1 is 1.22 bits per heavy atom. The number of nitrogens with one attached hydrogen (secondary N) is 1. The minimum atomic E-state index is -3.69. The Bertz CT molecular complexity index is 921. The van der Waals surface area contributed by atoms with Crippen LogP contribution in [0.4, 0.5) is 0 Å². The van der Waals surface area contributed by atoms with E-state index in [1.165, 1.54) is 29.6 Å². The van der Waals surface area contributed by atoms with Crippen molar-refractivity contribution in [2.75, 3.05) is 31.7 Å². The van der Waals surface area contributed by atoms with E-state index in [0.29, 0.717) is 19.5 Å². The molecule has 0 aliphatic carbocycles. The fraction of sp³-hybridized carbons (Fsp3) is 0.588. The van der Waals surface area contributed by atoms with Gasteiger partial charge < -0.3 is 10.1 Å². The van der Waals surface area contributed by atoms with Crippen molar-refractivity contribution in [3.8, 4) is 5.75 Å². The van der Waals surface area contributed by atoms with Crippen LogP contribution in [0.25, 0.3) is 0 Å². The number of methoxy groups -OCH3 is 1. The van der Waals surface area contributed by atoms with Gasteiger partial charge in [0.2, 0.25) is 10.0 Å². The number of ether oxygens (including phenoxy) is 1. The lowest BCUT2D eigenvalue weighted by Crippen LogP contribution is -2.37. The maximum atomic E-state index is 12.9. The summed E-state index contributed by atoms with van der Waals surface area (Å²) in [6.45, 7) is 0.936. The van der Waals surface area contributed by atoms with Crippen molar-refractivity contribution in [3.63, 3.8) is 0 Å². The highest BCUT2D eigenvalue weighted by molar-refractivity contribution is 7.91. The van der Waals surface area contributed by atoms with Crippen LogP contribution in [0.3, 0.4) is 0 Å². The molecule has 3 rings (SSSR count). The van der Waals surface area contributed by atoms with Crippen molar-refractivity contribution in [2.45, 2.75) is 36.6 Å². The molecule has 2 saturated heterocycles. The lowest BCUT2D eigenvalue weighted by Gasteiger charge is -2.26. The number of piperidine rings is 1. The summed E-state index contributed by atoms with van der Waals surface area (Å²) in [5.74, 6) is -0.360. The van der Waals surface area contributed by atoms with Crippen LogP contribution in [0, 0.1) is 0 Å². The number of amides is 1. The van der Waals surface area contributed by atoms with E-state index in [0.717, 1.165) is 19.3 Å². The molecular formula is C17H24N2O6S2. The van der Waals surface area contributed by atoms with Crippen molar-refractivity contribution in [2.24, 2.45) is 0 Å². The summed E-state index contributed by atoms with van der Waals surface area (Å²) in [5.41, 5.74) is 0.0832. The molecule has 0 spiro atoms. The minimum absolute atomic E-state index is 0.0365. The maximum absolute atomic E-state index is 12.9. The van der Waals surface area contributed by atoms with Crippen molar-refractivity contribution in [1.29, 1.82) is 0 Å². The number of rotatable bonds is 5. The van der Waals surface area contributed by atoms with Crippen molar-refractivity contribution in [3.05, 3.63) is 23.8 Å². The maximum Gasteiger partial charge on any atom is 0.255 e. The fourth-order valence-corrected chi connectivity index (χ4v) is 6.67. The first-order valence-corrected chi connectivity index (χ1v) is 12.2. The average molecular weight is 417 g/mol. The van der Waals surface area contributed by atoms with Crippen molar-refractivity contribution in [1.82, 2.24) is 9.62 Å².